The minimum atomic E-state index is -2.06. The molecule has 4 atom stereocenters. The van der Waals surface area contributed by atoms with Crippen molar-refractivity contribution < 1.29 is 23.4 Å². The van der Waals surface area contributed by atoms with E-state index in [1.54, 1.807) is 18.2 Å². The molecular formula is C17H19ClO5S. The first-order valence-corrected chi connectivity index (χ1v) is 9.11. The molecule has 1 aliphatic carbocycles. The van der Waals surface area contributed by atoms with Gasteiger partial charge in [-0.2, -0.15) is 0 Å². The molecule has 2 N–H and O–H groups in total. The second kappa shape index (κ2) is 8.63. The molecule has 130 valence electrons. The summed E-state index contributed by atoms with van der Waals surface area (Å²) in [5.41, 5.74) is 1.57. The number of benzene rings is 1. The molecule has 0 aliphatic heterocycles. The molecule has 0 saturated heterocycles. The van der Waals surface area contributed by atoms with Crippen molar-refractivity contribution in [1.82, 2.24) is 0 Å². The van der Waals surface area contributed by atoms with E-state index in [0.717, 1.165) is 12.0 Å². The van der Waals surface area contributed by atoms with Crippen LogP contribution in [0.15, 0.2) is 23.1 Å². The molecule has 0 bridgehead atoms. The van der Waals surface area contributed by atoms with Gasteiger partial charge in [-0.1, -0.05) is 17.9 Å². The van der Waals surface area contributed by atoms with Gasteiger partial charge in [-0.25, -0.2) is 9.00 Å². The fraction of sp³-hybridized carbons (Fsp3) is 0.471. The number of alkyl halides is 1. The number of aliphatic carboxylic acids is 1. The summed E-state index contributed by atoms with van der Waals surface area (Å²) in [5, 5.41) is 8.76. The summed E-state index contributed by atoms with van der Waals surface area (Å²) in [7, 11) is 0. The Labute approximate surface area is 148 Å². The Hall–Kier alpha value is -1.39. The highest BCUT2D eigenvalue weighted by atomic mass is 35.5. The maximum atomic E-state index is 11.2. The molecule has 2 rings (SSSR count). The van der Waals surface area contributed by atoms with E-state index in [1.807, 2.05) is 6.92 Å². The molecule has 1 aromatic rings. The number of carboxylic acid groups (broad SMARTS) is 1. The normalized spacial score (nSPS) is 24.7. The highest BCUT2D eigenvalue weighted by molar-refractivity contribution is 7.79. The molecule has 7 heteroatoms. The van der Waals surface area contributed by atoms with Gasteiger partial charge in [0.25, 0.3) is 0 Å². The van der Waals surface area contributed by atoms with Crippen LogP contribution >= 0.6 is 11.6 Å². The second-order valence-electron chi connectivity index (χ2n) is 5.76. The zero-order valence-electron chi connectivity index (χ0n) is 13.2. The van der Waals surface area contributed by atoms with Gasteiger partial charge in [-0.3, -0.25) is 0 Å². The monoisotopic (exact) mass is 370 g/mol. The Balaban J connectivity index is 2.20. The standard InChI is InChI=1S/C17H19ClO5S/c1-11-2-6-15(24(21)22)9-12(11)3-4-13-8-14(18)5-7-16(13)23-10-17(19)20/h2,6,9,13-14,16H,5,7-8,10H2,1H3,(H,19,20)(H,21,22). The predicted octanol–water partition coefficient (Wildman–Crippen LogP) is 2.80. The third kappa shape index (κ3) is 5.32. The third-order valence-electron chi connectivity index (χ3n) is 3.95. The predicted molar refractivity (Wildman–Crippen MR) is 91.5 cm³/mol. The van der Waals surface area contributed by atoms with E-state index in [1.165, 1.54) is 0 Å². The molecule has 1 aromatic carbocycles. The van der Waals surface area contributed by atoms with Crippen molar-refractivity contribution in [1.29, 1.82) is 0 Å². The molecule has 0 amide bonds. The van der Waals surface area contributed by atoms with Crippen LogP contribution in [0.3, 0.4) is 0 Å². The summed E-state index contributed by atoms with van der Waals surface area (Å²) in [6, 6.07) is 4.93. The van der Waals surface area contributed by atoms with Gasteiger partial charge in [-0.05, 0) is 43.9 Å². The van der Waals surface area contributed by atoms with Crippen LogP contribution in [0.1, 0.15) is 30.4 Å². The number of hydrogen-bond acceptors (Lipinski definition) is 3. The lowest BCUT2D eigenvalue weighted by Crippen LogP contribution is -2.32. The largest absolute Gasteiger partial charge is 0.480 e. The fourth-order valence-corrected chi connectivity index (χ4v) is 3.36. The van der Waals surface area contributed by atoms with Crippen LogP contribution in [0.25, 0.3) is 0 Å². The van der Waals surface area contributed by atoms with Gasteiger partial charge in [0.15, 0.2) is 11.1 Å². The van der Waals surface area contributed by atoms with Crippen LogP contribution < -0.4 is 0 Å². The average molecular weight is 371 g/mol. The Morgan fingerprint density at radius 1 is 1.46 bits per heavy atom. The van der Waals surface area contributed by atoms with Gasteiger partial charge in [0, 0.05) is 16.9 Å². The minimum absolute atomic E-state index is 0.00800. The van der Waals surface area contributed by atoms with Crippen molar-refractivity contribution in [2.45, 2.75) is 42.6 Å². The molecule has 0 aromatic heterocycles. The zero-order chi connectivity index (χ0) is 17.7. The number of rotatable bonds is 4. The fourth-order valence-electron chi connectivity index (χ4n) is 2.64. The van der Waals surface area contributed by atoms with Gasteiger partial charge in [-0.15, -0.1) is 11.6 Å². The maximum absolute atomic E-state index is 11.2. The van der Waals surface area contributed by atoms with Crippen molar-refractivity contribution in [3.8, 4) is 11.8 Å². The number of ether oxygens (including phenoxy) is 1. The maximum Gasteiger partial charge on any atom is 0.329 e. The van der Waals surface area contributed by atoms with Gasteiger partial charge < -0.3 is 14.4 Å². The highest BCUT2D eigenvalue weighted by Crippen LogP contribution is 2.30. The molecule has 1 saturated carbocycles. The molecule has 4 unspecified atom stereocenters. The van der Waals surface area contributed by atoms with E-state index < -0.39 is 17.0 Å². The van der Waals surface area contributed by atoms with Gasteiger partial charge in [0.2, 0.25) is 0 Å². The van der Waals surface area contributed by atoms with Crippen LogP contribution in [0, 0.1) is 24.7 Å². The molecule has 0 spiro atoms. The van der Waals surface area contributed by atoms with Crippen LogP contribution in [-0.2, 0) is 20.6 Å². The third-order valence-corrected chi connectivity index (χ3v) is 5.00. The number of aryl methyl sites for hydroxylation is 1. The lowest BCUT2D eigenvalue weighted by Gasteiger charge is -2.30. The first kappa shape index (κ1) is 18.9. The second-order valence-corrected chi connectivity index (χ2v) is 7.34. The number of halogens is 1. The molecule has 5 nitrogen and oxygen atoms in total. The van der Waals surface area contributed by atoms with Gasteiger partial charge in [0.1, 0.15) is 6.61 Å². The summed E-state index contributed by atoms with van der Waals surface area (Å²) in [4.78, 5) is 11.0. The molecule has 1 fully saturated rings. The van der Waals surface area contributed by atoms with Crippen molar-refractivity contribution in [2.24, 2.45) is 5.92 Å². The SMILES string of the molecule is Cc1ccc(S(=O)O)cc1C#CC1CC(Cl)CCC1OCC(=O)O. The van der Waals surface area contributed by atoms with E-state index in [4.69, 9.17) is 21.4 Å². The van der Waals surface area contributed by atoms with Crippen LogP contribution in [0.4, 0.5) is 0 Å². The summed E-state index contributed by atoms with van der Waals surface area (Å²) in [5.74, 6) is 4.98. The molecule has 0 radical (unpaired) electrons. The van der Waals surface area contributed by atoms with Crippen molar-refractivity contribution in [2.75, 3.05) is 6.61 Å². The Morgan fingerprint density at radius 2 is 2.21 bits per heavy atom. The Bertz CT molecular complexity index is 694. The van der Waals surface area contributed by atoms with E-state index in [0.29, 0.717) is 23.3 Å². The lowest BCUT2D eigenvalue weighted by atomic mass is 9.86. The summed E-state index contributed by atoms with van der Waals surface area (Å²) < 4.78 is 25.8. The van der Waals surface area contributed by atoms with Crippen molar-refractivity contribution in [3.05, 3.63) is 29.3 Å². The number of carboxylic acids is 1. The van der Waals surface area contributed by atoms with E-state index in [-0.39, 0.29) is 24.0 Å². The van der Waals surface area contributed by atoms with Crippen LogP contribution in [0.5, 0.6) is 0 Å². The minimum Gasteiger partial charge on any atom is -0.480 e. The number of carbonyl (C=O) groups is 1. The van der Waals surface area contributed by atoms with Crippen molar-refractivity contribution >= 4 is 28.7 Å². The smallest absolute Gasteiger partial charge is 0.329 e. The van der Waals surface area contributed by atoms with E-state index in [9.17, 15) is 13.6 Å². The first-order valence-electron chi connectivity index (χ1n) is 7.57. The van der Waals surface area contributed by atoms with Gasteiger partial charge >= 0.3 is 5.97 Å². The first-order chi connectivity index (χ1) is 11.4. The van der Waals surface area contributed by atoms with Crippen molar-refractivity contribution in [3.63, 3.8) is 0 Å². The van der Waals surface area contributed by atoms with Crippen LogP contribution in [-0.4, -0.2) is 37.9 Å². The molecule has 0 heterocycles. The summed E-state index contributed by atoms with van der Waals surface area (Å²) in [6.07, 6.45) is 1.80. The quantitative estimate of drug-likeness (QED) is 0.483. The highest BCUT2D eigenvalue weighted by Gasteiger charge is 2.29. The Morgan fingerprint density at radius 3 is 2.88 bits per heavy atom. The zero-order valence-corrected chi connectivity index (χ0v) is 14.8. The molecule has 1 aliphatic rings. The lowest BCUT2D eigenvalue weighted by molar-refractivity contribution is -0.145. The van der Waals surface area contributed by atoms with E-state index in [2.05, 4.69) is 11.8 Å². The van der Waals surface area contributed by atoms with Gasteiger partial charge in [0.05, 0.1) is 11.0 Å². The molecular weight excluding hydrogens is 352 g/mol. The number of hydrogen-bond donors (Lipinski definition) is 2. The summed E-state index contributed by atoms with van der Waals surface area (Å²) >= 11 is 4.15. The van der Waals surface area contributed by atoms with E-state index >= 15 is 0 Å². The average Bonchev–Trinajstić information content (AvgIpc) is 2.52. The summed E-state index contributed by atoms with van der Waals surface area (Å²) in [6.45, 7) is 1.52. The Kier molecular flexibility index (Phi) is 6.81. The molecule has 24 heavy (non-hydrogen) atoms. The topological polar surface area (TPSA) is 83.8 Å². The van der Waals surface area contributed by atoms with Crippen LogP contribution in [0.2, 0.25) is 0 Å².